The van der Waals surface area contributed by atoms with Crippen molar-refractivity contribution < 1.29 is 14.1 Å². The summed E-state index contributed by atoms with van der Waals surface area (Å²) in [6.07, 6.45) is 4.76. The number of methoxy groups -OCH3 is 1. The Hall–Kier alpha value is -4.25. The van der Waals surface area contributed by atoms with E-state index in [4.69, 9.17) is 20.2 Å². The van der Waals surface area contributed by atoms with E-state index in [1.807, 2.05) is 35.9 Å². The molecule has 0 bridgehead atoms. The minimum absolute atomic E-state index is 0.0748. The molecule has 1 atom stereocenters. The quantitative estimate of drug-likeness (QED) is 0.176. The summed E-state index contributed by atoms with van der Waals surface area (Å²) in [5.41, 5.74) is 9.71. The number of Topliss-reactive ketones (excluding diaryl/α,β-unsaturated/α-hetero) is 1. The number of nitrogens with zero attached hydrogens (tertiary/aromatic N) is 5. The van der Waals surface area contributed by atoms with Gasteiger partial charge in [-0.1, -0.05) is 23.4 Å². The van der Waals surface area contributed by atoms with Crippen molar-refractivity contribution in [2.24, 2.45) is 12.2 Å². The smallest absolute Gasteiger partial charge is 0.193 e. The fraction of sp³-hybridized carbons (Fsp3) is 0.261. The second kappa shape index (κ2) is 10.1. The molecule has 0 spiro atoms. The van der Waals surface area contributed by atoms with Gasteiger partial charge in [0.25, 0.3) is 0 Å². The van der Waals surface area contributed by atoms with Gasteiger partial charge in [0.15, 0.2) is 5.78 Å². The zero-order valence-corrected chi connectivity index (χ0v) is 18.8. The number of hydrogen-bond acceptors (Lipinski definition) is 10. The van der Waals surface area contributed by atoms with Gasteiger partial charge < -0.3 is 19.2 Å². The van der Waals surface area contributed by atoms with Crippen LogP contribution < -0.4 is 10.1 Å². The number of benzene rings is 1. The summed E-state index contributed by atoms with van der Waals surface area (Å²) >= 11 is 0. The number of hydrogen-bond donors (Lipinski definition) is 3. The van der Waals surface area contributed by atoms with E-state index < -0.39 is 6.04 Å². The molecule has 11 heteroatoms. The topological polar surface area (TPSA) is 155 Å². The lowest BCUT2D eigenvalue weighted by atomic mass is 10.0. The monoisotopic (exact) mass is 460 g/mol. The summed E-state index contributed by atoms with van der Waals surface area (Å²) in [5, 5.41) is 18.7. The minimum Gasteiger partial charge on any atom is -0.496 e. The molecular formula is C23H24N8O3. The van der Waals surface area contributed by atoms with Crippen molar-refractivity contribution in [3.63, 3.8) is 0 Å². The molecule has 0 aliphatic carbocycles. The fourth-order valence-corrected chi connectivity index (χ4v) is 3.74. The van der Waals surface area contributed by atoms with E-state index in [-0.39, 0.29) is 35.7 Å². The number of aromatic nitrogens is 4. The third-order valence-electron chi connectivity index (χ3n) is 5.52. The Labute approximate surface area is 195 Å². The van der Waals surface area contributed by atoms with Crippen LogP contribution in [-0.2, 0) is 13.6 Å². The first-order valence-corrected chi connectivity index (χ1v) is 10.6. The lowest BCUT2D eigenvalue weighted by Gasteiger charge is -2.18. The Morgan fingerprint density at radius 3 is 2.91 bits per heavy atom. The summed E-state index contributed by atoms with van der Waals surface area (Å²) in [4.78, 5) is 22.6. The van der Waals surface area contributed by atoms with Gasteiger partial charge >= 0.3 is 0 Å². The number of fused-ring (bicyclic) bond motifs is 1. The van der Waals surface area contributed by atoms with Gasteiger partial charge in [0, 0.05) is 31.8 Å². The molecule has 34 heavy (non-hydrogen) atoms. The molecule has 4 aromatic rings. The highest BCUT2D eigenvalue weighted by Crippen LogP contribution is 2.26. The molecule has 4 rings (SSSR count). The number of carbonyl (C=O) groups is 1. The standard InChI is InChI=1S/C23H24N8O3/c1-31-18-12-26-9-8-17(18)29-23(31)21(27-11-14-5-3-4-6-19(14)33-2)22(32)15-13-34-30-20(15)16(24)7-10-28-25/h3-6,8-9,12-13,21,24-25,27H,7,10-11H2,1-2H3. The van der Waals surface area contributed by atoms with Crippen molar-refractivity contribution in [2.75, 3.05) is 13.7 Å². The number of carbonyl (C=O) groups excluding carboxylic acids is 1. The fourth-order valence-electron chi connectivity index (χ4n) is 3.74. The molecule has 0 amide bonds. The lowest BCUT2D eigenvalue weighted by Crippen LogP contribution is -2.31. The van der Waals surface area contributed by atoms with Gasteiger partial charge in [-0.15, -0.1) is 0 Å². The van der Waals surface area contributed by atoms with E-state index in [1.54, 1.807) is 25.6 Å². The Kier molecular flexibility index (Phi) is 6.83. The van der Waals surface area contributed by atoms with E-state index in [2.05, 4.69) is 25.6 Å². The first-order chi connectivity index (χ1) is 16.5. The number of pyridine rings is 1. The third kappa shape index (κ3) is 4.46. The summed E-state index contributed by atoms with van der Waals surface area (Å²) in [5.74, 6) is 0.842. The van der Waals surface area contributed by atoms with Crippen molar-refractivity contribution in [3.8, 4) is 5.75 Å². The molecule has 1 unspecified atom stereocenters. The number of rotatable bonds is 11. The van der Waals surface area contributed by atoms with Gasteiger partial charge in [-0.25, -0.2) is 10.5 Å². The molecule has 3 N–H and O–H groups in total. The molecular weight excluding hydrogens is 436 g/mol. The van der Waals surface area contributed by atoms with E-state index in [9.17, 15) is 4.79 Å². The Morgan fingerprint density at radius 2 is 2.15 bits per heavy atom. The lowest BCUT2D eigenvalue weighted by molar-refractivity contribution is 0.0935. The predicted octanol–water partition coefficient (Wildman–Crippen LogP) is 3.47. The minimum atomic E-state index is -0.867. The van der Waals surface area contributed by atoms with Gasteiger partial charge in [-0.05, 0) is 12.1 Å². The zero-order valence-electron chi connectivity index (χ0n) is 18.8. The molecule has 1 aromatic carbocycles. The Morgan fingerprint density at radius 1 is 1.32 bits per heavy atom. The maximum absolute atomic E-state index is 13.8. The van der Waals surface area contributed by atoms with Crippen molar-refractivity contribution >= 4 is 22.5 Å². The molecule has 11 nitrogen and oxygen atoms in total. The summed E-state index contributed by atoms with van der Waals surface area (Å²) in [6.45, 7) is 0.463. The van der Waals surface area contributed by atoms with Crippen LogP contribution in [0.1, 0.15) is 39.9 Å². The maximum Gasteiger partial charge on any atom is 0.193 e. The maximum atomic E-state index is 13.8. The van der Waals surface area contributed by atoms with Crippen LogP contribution in [0.4, 0.5) is 0 Å². The Bertz CT molecular complexity index is 1340. The average Bonchev–Trinajstić information content (AvgIpc) is 3.48. The van der Waals surface area contributed by atoms with Crippen molar-refractivity contribution in [1.82, 2.24) is 25.0 Å². The SMILES string of the molecule is COc1ccccc1CNC(C(=O)c1conc1C(=N)CCN=N)c1nc2ccncc2n1C. The summed E-state index contributed by atoms with van der Waals surface area (Å²) < 4.78 is 12.3. The Balaban J connectivity index is 1.73. The number of para-hydroxylation sites is 1. The molecule has 0 fully saturated rings. The van der Waals surface area contributed by atoms with Gasteiger partial charge in [0.05, 0.1) is 42.2 Å². The van der Waals surface area contributed by atoms with Crippen LogP contribution in [0.5, 0.6) is 5.75 Å². The van der Waals surface area contributed by atoms with E-state index >= 15 is 0 Å². The van der Waals surface area contributed by atoms with Crippen molar-refractivity contribution in [2.45, 2.75) is 19.0 Å². The molecule has 0 aliphatic heterocycles. The second-order valence-electron chi connectivity index (χ2n) is 7.57. The molecule has 0 aliphatic rings. The number of nitrogens with one attached hydrogen (secondary N) is 3. The van der Waals surface area contributed by atoms with Gasteiger partial charge in [0.1, 0.15) is 29.6 Å². The van der Waals surface area contributed by atoms with Crippen LogP contribution >= 0.6 is 0 Å². The van der Waals surface area contributed by atoms with Crippen LogP contribution in [0.2, 0.25) is 0 Å². The van der Waals surface area contributed by atoms with Crippen molar-refractivity contribution in [3.05, 3.63) is 71.6 Å². The number of aryl methyl sites for hydroxylation is 1. The average molecular weight is 460 g/mol. The van der Waals surface area contributed by atoms with Crippen LogP contribution in [0.3, 0.4) is 0 Å². The highest BCUT2D eigenvalue weighted by molar-refractivity contribution is 6.10. The van der Waals surface area contributed by atoms with E-state index in [0.29, 0.717) is 23.6 Å². The second-order valence-corrected chi connectivity index (χ2v) is 7.57. The van der Waals surface area contributed by atoms with Gasteiger partial charge in [-0.2, -0.15) is 5.11 Å². The normalized spacial score (nSPS) is 11.9. The highest BCUT2D eigenvalue weighted by Gasteiger charge is 2.31. The molecule has 3 heterocycles. The van der Waals surface area contributed by atoms with Gasteiger partial charge in [-0.3, -0.25) is 15.1 Å². The number of ketones is 1. The van der Waals surface area contributed by atoms with Crippen LogP contribution in [0, 0.1) is 10.9 Å². The first-order valence-electron chi connectivity index (χ1n) is 10.6. The largest absolute Gasteiger partial charge is 0.496 e. The van der Waals surface area contributed by atoms with Crippen LogP contribution in [0.25, 0.3) is 11.0 Å². The molecule has 0 saturated heterocycles. The molecule has 174 valence electrons. The summed E-state index contributed by atoms with van der Waals surface area (Å²) in [7, 11) is 3.42. The molecule has 0 radical (unpaired) electrons. The van der Waals surface area contributed by atoms with E-state index in [0.717, 1.165) is 11.1 Å². The molecule has 0 saturated carbocycles. The van der Waals surface area contributed by atoms with Crippen molar-refractivity contribution in [1.29, 1.82) is 10.9 Å². The number of ether oxygens (including phenoxy) is 1. The first kappa shape index (κ1) is 22.9. The van der Waals surface area contributed by atoms with Crippen LogP contribution in [-0.4, -0.2) is 44.8 Å². The zero-order chi connectivity index (χ0) is 24.1. The van der Waals surface area contributed by atoms with Crippen LogP contribution in [0.15, 0.2) is 58.6 Å². The number of imidazole rings is 1. The third-order valence-corrected chi connectivity index (χ3v) is 5.52. The summed E-state index contributed by atoms with van der Waals surface area (Å²) in [6, 6.07) is 8.46. The molecule has 3 aromatic heterocycles. The van der Waals surface area contributed by atoms with Gasteiger partial charge in [0.2, 0.25) is 0 Å². The predicted molar refractivity (Wildman–Crippen MR) is 123 cm³/mol. The van der Waals surface area contributed by atoms with E-state index in [1.165, 1.54) is 6.26 Å². The highest BCUT2D eigenvalue weighted by atomic mass is 16.5.